The zero-order valence-corrected chi connectivity index (χ0v) is 13.3. The first-order valence-corrected chi connectivity index (χ1v) is 7.26. The van der Waals surface area contributed by atoms with Crippen LogP contribution in [0.15, 0.2) is 59.8 Å². The lowest BCUT2D eigenvalue weighted by Crippen LogP contribution is -2.03. The van der Waals surface area contributed by atoms with Crippen LogP contribution in [0.3, 0.4) is 0 Å². The Balaban J connectivity index is 2.01. The van der Waals surface area contributed by atoms with E-state index in [0.717, 1.165) is 5.56 Å². The van der Waals surface area contributed by atoms with Crippen molar-refractivity contribution >= 4 is 41.0 Å². The predicted molar refractivity (Wildman–Crippen MR) is 90.5 cm³/mol. The van der Waals surface area contributed by atoms with Crippen molar-refractivity contribution in [2.24, 2.45) is 5.16 Å². The summed E-state index contributed by atoms with van der Waals surface area (Å²) in [5.74, 6) is -0.630. The third kappa shape index (κ3) is 4.72. The van der Waals surface area contributed by atoms with Gasteiger partial charge in [-0.25, -0.2) is 4.79 Å². The van der Waals surface area contributed by atoms with E-state index in [9.17, 15) is 4.79 Å². The molecule has 0 unspecified atom stereocenters. The van der Waals surface area contributed by atoms with E-state index in [1.807, 2.05) is 36.4 Å². The first-order chi connectivity index (χ1) is 10.6. The minimum Gasteiger partial charge on any atom is -0.312 e. The van der Waals surface area contributed by atoms with Crippen molar-refractivity contribution in [3.63, 3.8) is 0 Å². The number of oxime groups is 1. The number of carbonyl (C=O) groups excluding carboxylic acids is 1. The van der Waals surface area contributed by atoms with Gasteiger partial charge in [0, 0.05) is 5.02 Å². The first-order valence-electron chi connectivity index (χ1n) is 6.50. The Morgan fingerprint density at radius 3 is 2.55 bits per heavy atom. The van der Waals surface area contributed by atoms with Crippen LogP contribution >= 0.6 is 23.2 Å². The fourth-order valence-electron chi connectivity index (χ4n) is 1.63. The monoisotopic (exact) mass is 333 g/mol. The van der Waals surface area contributed by atoms with E-state index < -0.39 is 5.97 Å². The Morgan fingerprint density at radius 2 is 1.86 bits per heavy atom. The molecule has 0 saturated heterocycles. The van der Waals surface area contributed by atoms with Crippen LogP contribution < -0.4 is 0 Å². The van der Waals surface area contributed by atoms with Gasteiger partial charge in [0.2, 0.25) is 0 Å². The van der Waals surface area contributed by atoms with Crippen LogP contribution in [-0.2, 0) is 4.84 Å². The molecule has 0 aromatic heterocycles. The van der Waals surface area contributed by atoms with Crippen molar-refractivity contribution in [1.29, 1.82) is 0 Å². The number of nitrogens with zero attached hydrogens (tertiary/aromatic N) is 1. The fourth-order valence-corrected chi connectivity index (χ4v) is 2.11. The molecule has 0 N–H and O–H groups in total. The van der Waals surface area contributed by atoms with E-state index in [1.54, 1.807) is 19.1 Å². The van der Waals surface area contributed by atoms with Gasteiger partial charge >= 0.3 is 5.97 Å². The lowest BCUT2D eigenvalue weighted by atomic mass is 10.2. The molecule has 2 aromatic rings. The van der Waals surface area contributed by atoms with E-state index in [-0.39, 0.29) is 10.6 Å². The van der Waals surface area contributed by atoms with Gasteiger partial charge in [-0.2, -0.15) is 0 Å². The first kappa shape index (κ1) is 16.3. The van der Waals surface area contributed by atoms with Crippen molar-refractivity contribution < 1.29 is 9.63 Å². The molecule has 0 radical (unpaired) electrons. The van der Waals surface area contributed by atoms with E-state index in [0.29, 0.717) is 10.7 Å². The average Bonchev–Trinajstić information content (AvgIpc) is 2.51. The summed E-state index contributed by atoms with van der Waals surface area (Å²) in [4.78, 5) is 16.7. The summed E-state index contributed by atoms with van der Waals surface area (Å²) in [6.45, 7) is 1.73. The molecule has 0 aliphatic heterocycles. The SMILES string of the molecule is CC(/C=C\c1ccccc1)=NOC(=O)c1ccc(Cl)cc1Cl. The van der Waals surface area contributed by atoms with Gasteiger partial charge in [0.25, 0.3) is 0 Å². The van der Waals surface area contributed by atoms with Crippen LogP contribution in [0, 0.1) is 0 Å². The zero-order chi connectivity index (χ0) is 15.9. The molecule has 0 amide bonds. The van der Waals surface area contributed by atoms with E-state index >= 15 is 0 Å². The second-order valence-electron chi connectivity index (χ2n) is 4.48. The van der Waals surface area contributed by atoms with Crippen molar-refractivity contribution in [3.8, 4) is 0 Å². The highest BCUT2D eigenvalue weighted by molar-refractivity contribution is 6.36. The number of hydrogen-bond donors (Lipinski definition) is 0. The van der Waals surface area contributed by atoms with Crippen molar-refractivity contribution in [2.75, 3.05) is 0 Å². The molecule has 2 aromatic carbocycles. The van der Waals surface area contributed by atoms with Crippen molar-refractivity contribution in [2.45, 2.75) is 6.92 Å². The highest BCUT2D eigenvalue weighted by Crippen LogP contribution is 2.21. The summed E-state index contributed by atoms with van der Waals surface area (Å²) in [7, 11) is 0. The smallest absolute Gasteiger partial charge is 0.312 e. The maximum absolute atomic E-state index is 11.9. The second kappa shape index (κ2) is 7.78. The van der Waals surface area contributed by atoms with Crippen LogP contribution in [0.4, 0.5) is 0 Å². The number of allylic oxidation sites excluding steroid dienone is 1. The average molecular weight is 334 g/mol. The second-order valence-corrected chi connectivity index (χ2v) is 5.32. The van der Waals surface area contributed by atoms with Gasteiger partial charge < -0.3 is 4.84 Å². The Bertz CT molecular complexity index is 725. The van der Waals surface area contributed by atoms with E-state index in [4.69, 9.17) is 28.0 Å². The molecule has 0 spiro atoms. The largest absolute Gasteiger partial charge is 0.367 e. The molecule has 0 atom stereocenters. The van der Waals surface area contributed by atoms with Gasteiger partial charge in [0.05, 0.1) is 16.3 Å². The van der Waals surface area contributed by atoms with Crippen molar-refractivity contribution in [1.82, 2.24) is 0 Å². The van der Waals surface area contributed by atoms with Crippen LogP contribution in [-0.4, -0.2) is 11.7 Å². The van der Waals surface area contributed by atoms with Gasteiger partial charge in [0.15, 0.2) is 0 Å². The zero-order valence-electron chi connectivity index (χ0n) is 11.8. The van der Waals surface area contributed by atoms with E-state index in [2.05, 4.69) is 5.16 Å². The van der Waals surface area contributed by atoms with Gasteiger partial charge in [0.1, 0.15) is 0 Å². The molecular weight excluding hydrogens is 321 g/mol. The lowest BCUT2D eigenvalue weighted by molar-refractivity contribution is 0.0517. The van der Waals surface area contributed by atoms with Crippen LogP contribution in [0.1, 0.15) is 22.8 Å². The molecule has 2 rings (SSSR count). The molecule has 112 valence electrons. The number of carbonyl (C=O) groups is 1. The summed E-state index contributed by atoms with van der Waals surface area (Å²) >= 11 is 11.7. The maximum atomic E-state index is 11.9. The summed E-state index contributed by atoms with van der Waals surface area (Å²) in [6.07, 6.45) is 3.63. The number of halogens is 2. The lowest BCUT2D eigenvalue weighted by Gasteiger charge is -2.01. The van der Waals surface area contributed by atoms with Gasteiger partial charge in [-0.15, -0.1) is 0 Å². The summed E-state index contributed by atoms with van der Waals surface area (Å²) in [5, 5.41) is 4.45. The molecule has 0 aliphatic rings. The molecule has 0 fully saturated rings. The molecular formula is C17H13Cl2NO2. The van der Waals surface area contributed by atoms with E-state index in [1.165, 1.54) is 12.1 Å². The highest BCUT2D eigenvalue weighted by Gasteiger charge is 2.12. The molecule has 22 heavy (non-hydrogen) atoms. The van der Waals surface area contributed by atoms with Gasteiger partial charge in [-0.05, 0) is 36.8 Å². The van der Waals surface area contributed by atoms with Gasteiger partial charge in [-0.3, -0.25) is 0 Å². The minimum absolute atomic E-state index is 0.217. The third-order valence-corrected chi connectivity index (χ3v) is 3.29. The molecule has 3 nitrogen and oxygen atoms in total. The highest BCUT2D eigenvalue weighted by atomic mass is 35.5. The fraction of sp³-hybridized carbons (Fsp3) is 0.0588. The van der Waals surface area contributed by atoms with Crippen LogP contribution in [0.2, 0.25) is 10.0 Å². The molecule has 0 aliphatic carbocycles. The molecule has 0 saturated carbocycles. The number of hydrogen-bond acceptors (Lipinski definition) is 3. The quantitative estimate of drug-likeness (QED) is 0.436. The topological polar surface area (TPSA) is 38.7 Å². The molecule has 5 heteroatoms. The van der Waals surface area contributed by atoms with Crippen molar-refractivity contribution in [3.05, 3.63) is 75.8 Å². The van der Waals surface area contributed by atoms with Crippen LogP contribution in [0.25, 0.3) is 6.08 Å². The number of benzene rings is 2. The molecule has 0 bridgehead atoms. The summed E-state index contributed by atoms with van der Waals surface area (Å²) < 4.78 is 0. The van der Waals surface area contributed by atoms with Crippen LogP contribution in [0.5, 0.6) is 0 Å². The summed E-state index contributed by atoms with van der Waals surface area (Å²) in [5.41, 5.74) is 1.81. The molecule has 0 heterocycles. The third-order valence-electron chi connectivity index (χ3n) is 2.74. The Morgan fingerprint density at radius 1 is 1.14 bits per heavy atom. The standard InChI is InChI=1S/C17H13Cl2NO2/c1-12(7-8-13-5-3-2-4-6-13)20-22-17(21)15-10-9-14(18)11-16(15)19/h2-11H,1H3/b8-7-,20-12?. The van der Waals surface area contributed by atoms with Gasteiger partial charge in [-0.1, -0.05) is 64.8 Å². The minimum atomic E-state index is -0.630. The normalized spacial score (nSPS) is 11.7. The Hall–Kier alpha value is -2.10. The predicted octanol–water partition coefficient (Wildman–Crippen LogP) is 5.24. The Labute approximate surface area is 138 Å². The number of rotatable bonds is 4. The maximum Gasteiger partial charge on any atom is 0.367 e. The summed E-state index contributed by atoms with van der Waals surface area (Å²) in [6, 6.07) is 14.3. The Kier molecular flexibility index (Phi) is 5.75.